The van der Waals surface area contributed by atoms with E-state index < -0.39 is 64.4 Å². The van der Waals surface area contributed by atoms with Gasteiger partial charge in [0, 0.05) is 47.9 Å². The number of aryl methyl sites for hydroxylation is 1. The summed E-state index contributed by atoms with van der Waals surface area (Å²) in [6.07, 6.45) is 8.05. The SMILES string of the molecule is CCC(=O)OCC(=O)[C@@]1(OC(=O)CC)[C@@H](C)C[C@H]2[C@@H]3CCC4=Cc5nn(-c6cncc(C)c6)cc5C[C@]4(C)[C@@]3(F)[C@@H](O)C[C@@]21C. The minimum Gasteiger partial charge on any atom is -0.457 e. The van der Waals surface area contributed by atoms with Crippen LogP contribution in [0.5, 0.6) is 0 Å². The van der Waals surface area contributed by atoms with Crippen molar-refractivity contribution in [2.75, 3.05) is 6.61 Å². The molecule has 2 aromatic heterocycles. The summed E-state index contributed by atoms with van der Waals surface area (Å²) in [5.74, 6) is -2.98. The predicted molar refractivity (Wildman–Crippen MR) is 164 cm³/mol. The van der Waals surface area contributed by atoms with Crippen molar-refractivity contribution in [3.8, 4) is 5.69 Å². The van der Waals surface area contributed by atoms with Gasteiger partial charge >= 0.3 is 11.9 Å². The molecular formula is C35H44FN3O6. The number of fused-ring (bicyclic) bond motifs is 6. The highest BCUT2D eigenvalue weighted by atomic mass is 19.1. The van der Waals surface area contributed by atoms with Gasteiger partial charge in [-0.2, -0.15) is 5.10 Å². The molecule has 0 spiro atoms. The number of carbonyl (C=O) groups excluding carboxylic acids is 3. The summed E-state index contributed by atoms with van der Waals surface area (Å²) in [7, 11) is 0. The summed E-state index contributed by atoms with van der Waals surface area (Å²) in [6.45, 7) is 10.4. The fraction of sp³-hybridized carbons (Fsp3) is 0.629. The molecule has 242 valence electrons. The van der Waals surface area contributed by atoms with Gasteiger partial charge in [-0.05, 0) is 68.2 Å². The number of rotatable bonds is 7. The standard InChI is InChI=1S/C35H44FN3O6/c1-7-30(42)44-19-29(41)35(45-31(43)8-2)21(4)12-26-25-10-9-23-13-27-22(18-39(38-27)24-11-20(3)16-37-17-24)14-32(23,5)34(25,36)28(40)15-33(26,35)6/h11,13,16-18,21,25-26,28,40H,7-10,12,14-15,19H2,1-6H3/t21-,25-,26-,28-,32-,33-,34-,35-/m0/s1. The van der Waals surface area contributed by atoms with E-state index in [4.69, 9.17) is 14.6 Å². The molecule has 0 radical (unpaired) electrons. The van der Waals surface area contributed by atoms with E-state index in [1.807, 2.05) is 46.0 Å². The molecule has 9 nitrogen and oxygen atoms in total. The van der Waals surface area contributed by atoms with E-state index in [-0.39, 0.29) is 25.2 Å². The maximum atomic E-state index is 18.2. The second-order valence-electron chi connectivity index (χ2n) is 14.2. The predicted octanol–water partition coefficient (Wildman–Crippen LogP) is 5.28. The highest BCUT2D eigenvalue weighted by Gasteiger charge is 2.77. The first-order chi connectivity index (χ1) is 21.2. The topological polar surface area (TPSA) is 121 Å². The first kappa shape index (κ1) is 31.6. The third-order valence-electron chi connectivity index (χ3n) is 11.8. The van der Waals surface area contributed by atoms with Gasteiger partial charge < -0.3 is 14.6 Å². The summed E-state index contributed by atoms with van der Waals surface area (Å²) in [6, 6.07) is 2.00. The Bertz CT molecular complexity index is 1590. The number of aliphatic hydroxyl groups is 1. The summed E-state index contributed by atoms with van der Waals surface area (Å²) in [4.78, 5) is 43.3. The Morgan fingerprint density at radius 2 is 1.87 bits per heavy atom. The Kier molecular flexibility index (Phi) is 7.61. The average Bonchev–Trinajstić information content (AvgIpc) is 3.51. The Hall–Kier alpha value is -3.40. The Labute approximate surface area is 263 Å². The van der Waals surface area contributed by atoms with Crippen LogP contribution in [-0.4, -0.2) is 61.6 Å². The largest absolute Gasteiger partial charge is 0.457 e. The lowest BCUT2D eigenvalue weighted by Crippen LogP contribution is -2.70. The monoisotopic (exact) mass is 621 g/mol. The van der Waals surface area contributed by atoms with Crippen molar-refractivity contribution in [3.05, 3.63) is 47.1 Å². The molecule has 4 aliphatic rings. The maximum absolute atomic E-state index is 18.2. The number of alkyl halides is 1. The third-order valence-corrected chi connectivity index (χ3v) is 11.8. The number of halogens is 1. The summed E-state index contributed by atoms with van der Waals surface area (Å²) in [5, 5.41) is 16.8. The number of ketones is 1. The van der Waals surface area contributed by atoms with Crippen LogP contribution in [0.25, 0.3) is 11.8 Å². The number of nitrogens with zero attached hydrogens (tertiary/aromatic N) is 3. The minimum absolute atomic E-state index is 0.0527. The number of allylic oxidation sites excluding steroid dienone is 1. The zero-order valence-electron chi connectivity index (χ0n) is 27.1. The van der Waals surface area contributed by atoms with Gasteiger partial charge in [0.2, 0.25) is 5.78 Å². The normalized spacial score (nSPS) is 36.6. The zero-order valence-corrected chi connectivity index (χ0v) is 27.1. The van der Waals surface area contributed by atoms with Crippen LogP contribution in [0.1, 0.15) is 90.0 Å². The van der Waals surface area contributed by atoms with E-state index in [2.05, 4.69) is 4.98 Å². The fourth-order valence-electron chi connectivity index (χ4n) is 9.65. The average molecular weight is 622 g/mol. The van der Waals surface area contributed by atoms with Crippen molar-refractivity contribution in [3.63, 3.8) is 0 Å². The van der Waals surface area contributed by atoms with Crippen LogP contribution < -0.4 is 0 Å². The number of esters is 2. The van der Waals surface area contributed by atoms with Gasteiger partial charge in [-0.25, -0.2) is 9.07 Å². The van der Waals surface area contributed by atoms with Crippen LogP contribution in [0.3, 0.4) is 0 Å². The Morgan fingerprint density at radius 3 is 2.56 bits per heavy atom. The lowest BCUT2D eigenvalue weighted by atomic mass is 9.43. The van der Waals surface area contributed by atoms with Gasteiger partial charge in [0.25, 0.3) is 0 Å². The van der Waals surface area contributed by atoms with Crippen molar-refractivity contribution in [2.24, 2.45) is 28.6 Å². The number of aromatic nitrogens is 3. The number of carbonyl (C=O) groups is 3. The highest BCUT2D eigenvalue weighted by Crippen LogP contribution is 2.72. The molecule has 0 saturated heterocycles. The van der Waals surface area contributed by atoms with Gasteiger partial charge in [0.15, 0.2) is 12.2 Å². The van der Waals surface area contributed by atoms with Crippen LogP contribution in [0.15, 0.2) is 30.2 Å². The molecule has 0 bridgehead atoms. The molecule has 0 aliphatic heterocycles. The van der Waals surface area contributed by atoms with Crippen LogP contribution in [-0.2, 0) is 30.3 Å². The molecule has 45 heavy (non-hydrogen) atoms. The van der Waals surface area contributed by atoms with Crippen molar-refractivity contribution < 1.29 is 33.4 Å². The molecular weight excluding hydrogens is 577 g/mol. The minimum atomic E-state index is -1.99. The van der Waals surface area contributed by atoms with Crippen LogP contribution >= 0.6 is 0 Å². The zero-order chi connectivity index (χ0) is 32.5. The number of hydrogen-bond donors (Lipinski definition) is 1. The van der Waals surface area contributed by atoms with E-state index in [0.29, 0.717) is 25.7 Å². The first-order valence-electron chi connectivity index (χ1n) is 16.2. The lowest BCUT2D eigenvalue weighted by Gasteiger charge is -2.63. The van der Waals surface area contributed by atoms with Gasteiger partial charge in [-0.15, -0.1) is 0 Å². The third kappa shape index (κ3) is 4.37. The molecule has 4 aliphatic carbocycles. The lowest BCUT2D eigenvalue weighted by molar-refractivity contribution is -0.234. The molecule has 3 fully saturated rings. The van der Waals surface area contributed by atoms with Crippen molar-refractivity contribution >= 4 is 23.8 Å². The van der Waals surface area contributed by atoms with Gasteiger partial charge in [0.1, 0.15) is 5.67 Å². The maximum Gasteiger partial charge on any atom is 0.306 e. The molecule has 3 saturated carbocycles. The molecule has 6 rings (SSSR count). The fourth-order valence-corrected chi connectivity index (χ4v) is 9.65. The molecule has 2 aromatic rings. The van der Waals surface area contributed by atoms with Crippen molar-refractivity contribution in [1.29, 1.82) is 0 Å². The molecule has 8 atom stereocenters. The van der Waals surface area contributed by atoms with Crippen LogP contribution in [0.4, 0.5) is 4.39 Å². The van der Waals surface area contributed by atoms with Crippen LogP contribution in [0, 0.1) is 35.5 Å². The second-order valence-corrected chi connectivity index (χ2v) is 14.2. The van der Waals surface area contributed by atoms with Gasteiger partial charge in [-0.1, -0.05) is 40.2 Å². The number of hydrogen-bond acceptors (Lipinski definition) is 8. The number of pyridine rings is 1. The summed E-state index contributed by atoms with van der Waals surface area (Å²) in [5.41, 5.74) is -1.24. The molecule has 0 aromatic carbocycles. The molecule has 10 heteroatoms. The summed E-state index contributed by atoms with van der Waals surface area (Å²) < 4.78 is 31.4. The smallest absolute Gasteiger partial charge is 0.306 e. The number of Topliss-reactive ketones (excluding diaryl/α,β-unsaturated/α-hetero) is 1. The van der Waals surface area contributed by atoms with E-state index in [0.717, 1.165) is 28.1 Å². The number of aliphatic hydroxyl groups excluding tert-OH is 1. The first-order valence-corrected chi connectivity index (χ1v) is 16.2. The van der Waals surface area contributed by atoms with Crippen molar-refractivity contribution in [2.45, 2.75) is 104 Å². The molecule has 1 N–H and O–H groups in total. The van der Waals surface area contributed by atoms with E-state index in [9.17, 15) is 19.5 Å². The van der Waals surface area contributed by atoms with E-state index >= 15 is 4.39 Å². The Morgan fingerprint density at radius 1 is 1.13 bits per heavy atom. The molecule has 2 heterocycles. The quantitative estimate of drug-likeness (QED) is 0.415. The van der Waals surface area contributed by atoms with Crippen LogP contribution in [0.2, 0.25) is 0 Å². The van der Waals surface area contributed by atoms with Gasteiger partial charge in [0.05, 0.1) is 23.7 Å². The summed E-state index contributed by atoms with van der Waals surface area (Å²) >= 11 is 0. The molecule has 0 unspecified atom stereocenters. The highest BCUT2D eigenvalue weighted by molar-refractivity contribution is 5.93. The number of ether oxygens (including phenoxy) is 2. The second kappa shape index (κ2) is 10.9. The van der Waals surface area contributed by atoms with E-state index in [1.54, 1.807) is 30.9 Å². The molecule has 0 amide bonds. The van der Waals surface area contributed by atoms with Gasteiger partial charge in [-0.3, -0.25) is 19.4 Å². The van der Waals surface area contributed by atoms with E-state index in [1.165, 1.54) is 0 Å². The van der Waals surface area contributed by atoms with Crippen molar-refractivity contribution in [1.82, 2.24) is 14.8 Å². The Balaban J connectivity index is 1.38.